The van der Waals surface area contributed by atoms with Gasteiger partial charge in [-0.2, -0.15) is 0 Å². The molecule has 0 spiro atoms. The molecule has 1 atom stereocenters. The highest BCUT2D eigenvalue weighted by Gasteiger charge is 1.95. The van der Waals surface area contributed by atoms with Crippen LogP contribution in [-0.2, 0) is 0 Å². The molecular weight excluding hydrogens is 230 g/mol. The van der Waals surface area contributed by atoms with Gasteiger partial charge >= 0.3 is 0 Å². The van der Waals surface area contributed by atoms with E-state index in [2.05, 4.69) is 19.1 Å². The highest BCUT2D eigenvalue weighted by Crippen LogP contribution is 2.10. The van der Waals surface area contributed by atoms with E-state index >= 15 is 0 Å². The first-order chi connectivity index (χ1) is 9.27. The van der Waals surface area contributed by atoms with Gasteiger partial charge in [0.05, 0.1) is 0 Å². The normalized spacial score (nSPS) is 13.2. The molecule has 1 unspecified atom stereocenters. The van der Waals surface area contributed by atoms with Crippen molar-refractivity contribution in [3.8, 4) is 0 Å². The van der Waals surface area contributed by atoms with Gasteiger partial charge in [0.25, 0.3) is 0 Å². The van der Waals surface area contributed by atoms with Crippen molar-refractivity contribution in [3.63, 3.8) is 0 Å². The van der Waals surface area contributed by atoms with Gasteiger partial charge in [0, 0.05) is 6.04 Å². The number of hydrogen-bond donors (Lipinski definition) is 0. The highest BCUT2D eigenvalue weighted by molar-refractivity contribution is 4.81. The summed E-state index contributed by atoms with van der Waals surface area (Å²) >= 11 is 0. The lowest BCUT2D eigenvalue weighted by atomic mass is 10.1. The van der Waals surface area contributed by atoms with E-state index in [0.717, 1.165) is 6.42 Å². The average Bonchev–Trinajstić information content (AvgIpc) is 2.39. The van der Waals surface area contributed by atoms with E-state index in [-0.39, 0.29) is 6.04 Å². The number of allylic oxidation sites excluding steroid dienone is 2. The van der Waals surface area contributed by atoms with Gasteiger partial charge in [-0.1, -0.05) is 70.4 Å². The topological polar surface area (TPSA) is 23.8 Å². The molecule has 19 heavy (non-hydrogen) atoms. The van der Waals surface area contributed by atoms with Gasteiger partial charge < -0.3 is 0 Å². The molecule has 0 saturated carbocycles. The van der Waals surface area contributed by atoms with E-state index in [1.807, 2.05) is 6.92 Å². The van der Waals surface area contributed by atoms with Crippen LogP contribution in [0.25, 0.3) is 0 Å². The third-order valence-electron chi connectivity index (χ3n) is 3.65. The molecule has 1 nitrogen and oxygen atoms in total. The Bertz CT molecular complexity index is 184. The molecule has 1 heteroatoms. The van der Waals surface area contributed by atoms with E-state index in [1.165, 1.54) is 77.0 Å². The summed E-state index contributed by atoms with van der Waals surface area (Å²) in [4.78, 5) is 0. The predicted molar refractivity (Wildman–Crippen MR) is 87.4 cm³/mol. The van der Waals surface area contributed by atoms with Crippen LogP contribution in [0.5, 0.6) is 0 Å². The lowest BCUT2D eigenvalue weighted by Crippen LogP contribution is -2.00. The summed E-state index contributed by atoms with van der Waals surface area (Å²) in [5, 5.41) is 0. The monoisotopic (exact) mass is 266 g/mol. The molecule has 0 rings (SSSR count). The van der Waals surface area contributed by atoms with Crippen molar-refractivity contribution in [2.45, 2.75) is 103 Å². The average molecular weight is 266 g/mol. The smallest absolute Gasteiger partial charge is 0.0184 e. The first kappa shape index (κ1) is 18.7. The summed E-state index contributed by atoms with van der Waals surface area (Å²) < 4.78 is 0. The SMILES string of the molecule is CCCCCC/C=C/CCCCCCCCC(C)[NH]. The minimum Gasteiger partial charge on any atom is -0.255 e. The van der Waals surface area contributed by atoms with Crippen molar-refractivity contribution < 1.29 is 0 Å². The fraction of sp³-hybridized carbons (Fsp3) is 0.889. The van der Waals surface area contributed by atoms with Crippen LogP contribution >= 0.6 is 0 Å². The number of hydrogen-bond acceptors (Lipinski definition) is 0. The molecule has 1 radical (unpaired) electrons. The first-order valence-corrected chi connectivity index (χ1v) is 8.63. The summed E-state index contributed by atoms with van der Waals surface area (Å²) in [7, 11) is 0. The Hall–Kier alpha value is -0.300. The summed E-state index contributed by atoms with van der Waals surface area (Å²) in [5.41, 5.74) is 7.43. The molecule has 0 aliphatic carbocycles. The lowest BCUT2D eigenvalue weighted by molar-refractivity contribution is 0.544. The molecule has 0 aromatic rings. The van der Waals surface area contributed by atoms with Gasteiger partial charge in [0.15, 0.2) is 0 Å². The molecule has 0 aromatic heterocycles. The molecule has 0 saturated heterocycles. The molecule has 0 bridgehead atoms. The predicted octanol–water partition coefficient (Wildman–Crippen LogP) is 6.31. The largest absolute Gasteiger partial charge is 0.255 e. The Morgan fingerprint density at radius 2 is 1.21 bits per heavy atom. The van der Waals surface area contributed by atoms with Gasteiger partial charge in [0.2, 0.25) is 0 Å². The number of unbranched alkanes of at least 4 members (excludes halogenated alkanes) is 10. The standard InChI is InChI=1S/C18H36N/c1-3-4-5-6-7-8-9-10-11-12-13-14-15-16-17-18(2)19/h8-9,18-19H,3-7,10-17H2,1-2H3/b9-8+. The van der Waals surface area contributed by atoms with Crippen molar-refractivity contribution >= 4 is 0 Å². The number of nitrogens with one attached hydrogen (secondary N) is 1. The summed E-state index contributed by atoms with van der Waals surface area (Å²) in [6.07, 6.45) is 22.0. The zero-order chi connectivity index (χ0) is 14.2. The molecule has 0 aromatic carbocycles. The Labute approximate surface area is 122 Å². The van der Waals surface area contributed by atoms with Gasteiger partial charge in [-0.25, -0.2) is 0 Å². The lowest BCUT2D eigenvalue weighted by Gasteiger charge is -2.03. The van der Waals surface area contributed by atoms with Crippen LogP contribution in [0.4, 0.5) is 0 Å². The minimum atomic E-state index is 0.141. The van der Waals surface area contributed by atoms with E-state index < -0.39 is 0 Å². The van der Waals surface area contributed by atoms with Gasteiger partial charge in [-0.05, 0) is 39.0 Å². The molecule has 0 amide bonds. The van der Waals surface area contributed by atoms with E-state index in [4.69, 9.17) is 5.73 Å². The van der Waals surface area contributed by atoms with Crippen LogP contribution in [-0.4, -0.2) is 6.04 Å². The van der Waals surface area contributed by atoms with Crippen LogP contribution in [0, 0.1) is 0 Å². The van der Waals surface area contributed by atoms with Crippen molar-refractivity contribution in [1.29, 1.82) is 0 Å². The Kier molecular flexibility index (Phi) is 15.5. The maximum atomic E-state index is 7.43. The second-order valence-corrected chi connectivity index (χ2v) is 5.92. The fourth-order valence-electron chi connectivity index (χ4n) is 2.34. The molecule has 0 aliphatic rings. The Morgan fingerprint density at radius 1 is 0.737 bits per heavy atom. The van der Waals surface area contributed by atoms with E-state index in [9.17, 15) is 0 Å². The first-order valence-electron chi connectivity index (χ1n) is 8.63. The molecule has 113 valence electrons. The van der Waals surface area contributed by atoms with Crippen molar-refractivity contribution in [1.82, 2.24) is 5.73 Å². The van der Waals surface area contributed by atoms with Gasteiger partial charge in [-0.3, -0.25) is 5.73 Å². The van der Waals surface area contributed by atoms with Gasteiger partial charge in [0.1, 0.15) is 0 Å². The van der Waals surface area contributed by atoms with E-state index in [1.54, 1.807) is 0 Å². The van der Waals surface area contributed by atoms with Crippen molar-refractivity contribution in [2.75, 3.05) is 0 Å². The van der Waals surface area contributed by atoms with E-state index in [0.29, 0.717) is 0 Å². The minimum absolute atomic E-state index is 0.141. The van der Waals surface area contributed by atoms with Crippen LogP contribution < -0.4 is 5.73 Å². The van der Waals surface area contributed by atoms with Crippen LogP contribution in [0.15, 0.2) is 12.2 Å². The summed E-state index contributed by atoms with van der Waals surface area (Å²) in [6.45, 7) is 4.26. The Morgan fingerprint density at radius 3 is 1.74 bits per heavy atom. The van der Waals surface area contributed by atoms with Crippen LogP contribution in [0.1, 0.15) is 97.3 Å². The third-order valence-corrected chi connectivity index (χ3v) is 3.65. The quantitative estimate of drug-likeness (QED) is 0.260. The molecule has 0 heterocycles. The second kappa shape index (κ2) is 15.8. The van der Waals surface area contributed by atoms with Crippen LogP contribution in [0.2, 0.25) is 0 Å². The fourth-order valence-corrected chi connectivity index (χ4v) is 2.34. The number of rotatable bonds is 14. The molecule has 0 aliphatic heterocycles. The van der Waals surface area contributed by atoms with Crippen LogP contribution in [0.3, 0.4) is 0 Å². The zero-order valence-electron chi connectivity index (χ0n) is 13.4. The zero-order valence-corrected chi connectivity index (χ0v) is 13.4. The second-order valence-electron chi connectivity index (χ2n) is 5.92. The Balaban J connectivity index is 3.03. The summed E-state index contributed by atoms with van der Waals surface area (Å²) in [5.74, 6) is 0. The van der Waals surface area contributed by atoms with Crippen molar-refractivity contribution in [3.05, 3.63) is 12.2 Å². The highest BCUT2D eigenvalue weighted by atomic mass is 14.6. The third kappa shape index (κ3) is 17.7. The van der Waals surface area contributed by atoms with Crippen molar-refractivity contribution in [2.24, 2.45) is 0 Å². The molecule has 1 N–H and O–H groups in total. The van der Waals surface area contributed by atoms with Gasteiger partial charge in [-0.15, -0.1) is 0 Å². The summed E-state index contributed by atoms with van der Waals surface area (Å²) in [6, 6.07) is 0.141. The molecular formula is C18H36N. The maximum absolute atomic E-state index is 7.43. The molecule has 0 fully saturated rings. The maximum Gasteiger partial charge on any atom is 0.0184 e.